The van der Waals surface area contributed by atoms with Gasteiger partial charge in [0, 0.05) is 22.3 Å². The molecule has 0 bridgehead atoms. The normalized spacial score (nSPS) is 22.2. The highest BCUT2D eigenvalue weighted by molar-refractivity contribution is 7.91. The van der Waals surface area contributed by atoms with Crippen LogP contribution in [-0.2, 0) is 9.84 Å². The van der Waals surface area contributed by atoms with E-state index in [0.717, 1.165) is 27.7 Å². The van der Waals surface area contributed by atoms with Gasteiger partial charge >= 0.3 is 0 Å². The number of rotatable bonds is 3. The Labute approximate surface area is 182 Å². The lowest BCUT2D eigenvalue weighted by Gasteiger charge is -2.35. The Morgan fingerprint density at radius 3 is 2.65 bits per heavy atom. The van der Waals surface area contributed by atoms with Gasteiger partial charge in [0.15, 0.2) is 0 Å². The van der Waals surface area contributed by atoms with Gasteiger partial charge in [-0.2, -0.15) is 0 Å². The Hall–Kier alpha value is -2.63. The quantitative estimate of drug-likeness (QED) is 0.467. The smallest absolute Gasteiger partial charge is 0.222 e. The molecule has 1 aromatic heterocycles. The zero-order valence-corrected chi connectivity index (χ0v) is 18.2. The zero-order chi connectivity index (χ0) is 21.0. The fraction of sp³-hybridized carbons (Fsp3) is 0.308. The van der Waals surface area contributed by atoms with Crippen LogP contribution in [0.1, 0.15) is 37.2 Å². The summed E-state index contributed by atoms with van der Waals surface area (Å²) in [5.41, 5.74) is 2.18. The standard InChI is InChI=1S/C26H26N2O2S/c29-31(30,26-17-21-5-1-2-8-24(21)27-26)25-9-3-6-20-15-18(10-11-23(20)25)19-12-14-28-13-4-7-22(28)16-19/h1-3,5-6,8-11,15,17,19,22,27H,4,7,12-14,16H2/t19-,22+/m1/s1. The third kappa shape index (κ3) is 3.19. The third-order valence-electron chi connectivity index (χ3n) is 7.24. The van der Waals surface area contributed by atoms with Gasteiger partial charge in [0.05, 0.1) is 4.90 Å². The van der Waals surface area contributed by atoms with Gasteiger partial charge in [-0.25, -0.2) is 8.42 Å². The van der Waals surface area contributed by atoms with Crippen LogP contribution in [-0.4, -0.2) is 37.4 Å². The van der Waals surface area contributed by atoms with Crippen molar-refractivity contribution >= 4 is 31.5 Å². The number of aromatic nitrogens is 1. The summed E-state index contributed by atoms with van der Waals surface area (Å²) >= 11 is 0. The molecule has 0 aliphatic carbocycles. The van der Waals surface area contributed by atoms with Crippen LogP contribution in [0.4, 0.5) is 0 Å². The second-order valence-electron chi connectivity index (χ2n) is 9.01. The van der Waals surface area contributed by atoms with Gasteiger partial charge in [0.1, 0.15) is 5.03 Å². The Morgan fingerprint density at radius 2 is 1.74 bits per heavy atom. The number of sulfone groups is 1. The summed E-state index contributed by atoms with van der Waals surface area (Å²) in [5, 5.41) is 2.95. The highest BCUT2D eigenvalue weighted by atomic mass is 32.2. The number of nitrogens with one attached hydrogen (secondary N) is 1. The van der Waals surface area contributed by atoms with E-state index in [2.05, 4.69) is 22.0 Å². The lowest BCUT2D eigenvalue weighted by atomic mass is 9.85. The molecule has 2 atom stereocenters. The Kier molecular flexibility index (Phi) is 4.44. The predicted octanol–water partition coefficient (Wildman–Crippen LogP) is 5.50. The fourth-order valence-electron chi connectivity index (χ4n) is 5.60. The molecule has 0 unspecified atom stereocenters. The van der Waals surface area contributed by atoms with E-state index in [-0.39, 0.29) is 5.03 Å². The molecule has 1 N–H and O–H groups in total. The number of fused-ring (bicyclic) bond motifs is 3. The van der Waals surface area contributed by atoms with Crippen molar-refractivity contribution in [2.24, 2.45) is 0 Å². The number of aromatic amines is 1. The van der Waals surface area contributed by atoms with E-state index < -0.39 is 9.84 Å². The Balaban J connectivity index is 1.39. The first kappa shape index (κ1) is 19.1. The average molecular weight is 431 g/mol. The Bertz CT molecular complexity index is 1360. The largest absolute Gasteiger partial charge is 0.345 e. The van der Waals surface area contributed by atoms with Crippen molar-refractivity contribution in [1.29, 1.82) is 0 Å². The molecule has 2 aliphatic heterocycles. The Morgan fingerprint density at radius 1 is 0.871 bits per heavy atom. The molecule has 4 aromatic rings. The number of H-pyrrole nitrogens is 1. The topological polar surface area (TPSA) is 53.2 Å². The van der Waals surface area contributed by atoms with Gasteiger partial charge in [0.25, 0.3) is 0 Å². The van der Waals surface area contributed by atoms with Gasteiger partial charge in [-0.15, -0.1) is 0 Å². The first-order chi connectivity index (χ1) is 15.1. The fourth-order valence-corrected chi connectivity index (χ4v) is 7.09. The minimum absolute atomic E-state index is 0.249. The zero-order valence-electron chi connectivity index (χ0n) is 17.4. The first-order valence-electron chi connectivity index (χ1n) is 11.2. The van der Waals surface area contributed by atoms with Crippen LogP contribution >= 0.6 is 0 Å². The molecule has 6 rings (SSSR count). The van der Waals surface area contributed by atoms with E-state index in [1.165, 1.54) is 44.3 Å². The number of piperidine rings is 1. The van der Waals surface area contributed by atoms with E-state index in [1.807, 2.05) is 42.5 Å². The molecule has 31 heavy (non-hydrogen) atoms. The molecule has 5 heteroatoms. The summed E-state index contributed by atoms with van der Waals surface area (Å²) in [6.45, 7) is 2.44. The number of hydrogen-bond acceptors (Lipinski definition) is 3. The van der Waals surface area contributed by atoms with E-state index in [9.17, 15) is 8.42 Å². The van der Waals surface area contributed by atoms with Crippen molar-refractivity contribution < 1.29 is 8.42 Å². The summed E-state index contributed by atoms with van der Waals surface area (Å²) in [6.07, 6.45) is 5.05. The van der Waals surface area contributed by atoms with Crippen LogP contribution in [0.5, 0.6) is 0 Å². The van der Waals surface area contributed by atoms with Crippen molar-refractivity contribution in [3.8, 4) is 0 Å². The number of benzene rings is 3. The molecule has 2 fully saturated rings. The molecule has 2 aliphatic rings. The van der Waals surface area contributed by atoms with E-state index in [4.69, 9.17) is 0 Å². The predicted molar refractivity (Wildman–Crippen MR) is 124 cm³/mol. The number of nitrogens with zero attached hydrogens (tertiary/aromatic N) is 1. The molecule has 0 radical (unpaired) electrons. The van der Waals surface area contributed by atoms with Gasteiger partial charge in [-0.3, -0.25) is 0 Å². The van der Waals surface area contributed by atoms with E-state index in [0.29, 0.717) is 10.8 Å². The summed E-state index contributed by atoms with van der Waals surface area (Å²) in [6, 6.07) is 22.1. The molecule has 0 amide bonds. The van der Waals surface area contributed by atoms with Crippen LogP contribution in [0.25, 0.3) is 21.7 Å². The van der Waals surface area contributed by atoms with Crippen molar-refractivity contribution in [3.63, 3.8) is 0 Å². The minimum Gasteiger partial charge on any atom is -0.345 e. The molecular weight excluding hydrogens is 404 g/mol. The van der Waals surface area contributed by atoms with E-state index in [1.54, 1.807) is 12.1 Å². The average Bonchev–Trinajstić information content (AvgIpc) is 3.45. The van der Waals surface area contributed by atoms with Crippen molar-refractivity contribution in [3.05, 3.63) is 72.3 Å². The van der Waals surface area contributed by atoms with E-state index >= 15 is 0 Å². The second-order valence-corrected chi connectivity index (χ2v) is 10.9. The van der Waals surface area contributed by atoms with Gasteiger partial charge in [0.2, 0.25) is 9.84 Å². The summed E-state index contributed by atoms with van der Waals surface area (Å²) in [4.78, 5) is 6.10. The van der Waals surface area contributed by atoms with Crippen LogP contribution in [0.15, 0.2) is 76.7 Å². The van der Waals surface area contributed by atoms with Gasteiger partial charge < -0.3 is 9.88 Å². The molecule has 158 valence electrons. The van der Waals surface area contributed by atoms with Gasteiger partial charge in [-0.05, 0) is 73.8 Å². The summed E-state index contributed by atoms with van der Waals surface area (Å²) < 4.78 is 27.0. The monoisotopic (exact) mass is 430 g/mol. The molecule has 4 nitrogen and oxygen atoms in total. The molecule has 2 saturated heterocycles. The van der Waals surface area contributed by atoms with Gasteiger partial charge in [-0.1, -0.05) is 48.5 Å². The lowest BCUT2D eigenvalue weighted by molar-refractivity contribution is 0.181. The SMILES string of the molecule is O=S(=O)(c1cc2ccccc2[nH]1)c1cccc2cc([C@@H]3CCN4CCC[C@H]4C3)ccc12. The highest BCUT2D eigenvalue weighted by Crippen LogP contribution is 2.38. The van der Waals surface area contributed by atoms with Crippen molar-refractivity contribution in [1.82, 2.24) is 9.88 Å². The lowest BCUT2D eigenvalue weighted by Crippen LogP contribution is -2.37. The molecule has 0 saturated carbocycles. The van der Waals surface area contributed by atoms with Crippen molar-refractivity contribution in [2.75, 3.05) is 13.1 Å². The number of para-hydroxylation sites is 1. The van der Waals surface area contributed by atoms with Crippen LogP contribution < -0.4 is 0 Å². The summed E-state index contributed by atoms with van der Waals surface area (Å²) in [7, 11) is -3.64. The highest BCUT2D eigenvalue weighted by Gasteiger charge is 2.32. The number of hydrogen-bond donors (Lipinski definition) is 1. The third-order valence-corrected chi connectivity index (χ3v) is 8.97. The molecular formula is C26H26N2O2S. The second kappa shape index (κ2) is 7.21. The summed E-state index contributed by atoms with van der Waals surface area (Å²) in [5.74, 6) is 0.567. The molecule has 3 heterocycles. The first-order valence-corrected chi connectivity index (χ1v) is 12.7. The van der Waals surface area contributed by atoms with Crippen LogP contribution in [0.3, 0.4) is 0 Å². The maximum absolute atomic E-state index is 13.5. The van der Waals surface area contributed by atoms with Crippen LogP contribution in [0, 0.1) is 0 Å². The molecule has 3 aromatic carbocycles. The van der Waals surface area contributed by atoms with Crippen LogP contribution in [0.2, 0.25) is 0 Å². The van der Waals surface area contributed by atoms with Crippen molar-refractivity contribution in [2.45, 2.75) is 47.6 Å². The maximum atomic E-state index is 13.5. The minimum atomic E-state index is -3.64. The molecule has 0 spiro atoms. The maximum Gasteiger partial charge on any atom is 0.222 e.